The number of aldehydes is 1. The number of methoxy groups -OCH3 is 1. The molecular weight excluding hydrogens is 498 g/mol. The summed E-state index contributed by atoms with van der Waals surface area (Å²) in [7, 11) is 1.68. The second-order valence-electron chi connectivity index (χ2n) is 9.87. The molecule has 0 saturated carbocycles. The van der Waals surface area contributed by atoms with Gasteiger partial charge in [-0.1, -0.05) is 0 Å². The van der Waals surface area contributed by atoms with Crippen LogP contribution in [0.15, 0.2) is 55.0 Å². The smallest absolute Gasteiger partial charge is 0.410 e. The van der Waals surface area contributed by atoms with E-state index in [0.717, 1.165) is 31.3 Å². The Labute approximate surface area is 229 Å². The maximum absolute atomic E-state index is 12.6. The van der Waals surface area contributed by atoms with Gasteiger partial charge in [0.05, 0.1) is 12.2 Å². The Bertz CT molecular complexity index is 1200. The largest absolute Gasteiger partial charge is 0.444 e. The van der Waals surface area contributed by atoms with Crippen molar-refractivity contribution in [3.8, 4) is 23.0 Å². The van der Waals surface area contributed by atoms with E-state index in [1.807, 2.05) is 39.8 Å². The van der Waals surface area contributed by atoms with Crippen LogP contribution in [0.4, 0.5) is 10.5 Å². The molecule has 1 fully saturated rings. The minimum Gasteiger partial charge on any atom is -0.444 e. The fraction of sp³-hybridized carbons (Fsp3) is 0.414. The summed E-state index contributed by atoms with van der Waals surface area (Å²) in [4.78, 5) is 38.6. The van der Waals surface area contributed by atoms with Gasteiger partial charge < -0.3 is 24.4 Å². The van der Waals surface area contributed by atoms with E-state index in [2.05, 4.69) is 25.0 Å². The number of carbonyl (C=O) groups is 2. The van der Waals surface area contributed by atoms with Crippen molar-refractivity contribution in [2.75, 3.05) is 32.1 Å². The number of likely N-dealkylation sites (tertiary alicyclic amines) is 1. The Morgan fingerprint density at radius 1 is 1.18 bits per heavy atom. The van der Waals surface area contributed by atoms with E-state index in [0.29, 0.717) is 41.8 Å². The first-order chi connectivity index (χ1) is 18.7. The van der Waals surface area contributed by atoms with Crippen LogP contribution in [-0.2, 0) is 9.47 Å². The third kappa shape index (κ3) is 9.03. The van der Waals surface area contributed by atoms with Gasteiger partial charge >= 0.3 is 6.09 Å². The fourth-order valence-corrected chi connectivity index (χ4v) is 3.76. The van der Waals surface area contributed by atoms with Gasteiger partial charge in [0.15, 0.2) is 5.82 Å². The Balaban J connectivity index is 0.000000983. The van der Waals surface area contributed by atoms with Crippen LogP contribution in [0.25, 0.3) is 11.4 Å². The highest BCUT2D eigenvalue weighted by molar-refractivity contribution is 5.75. The lowest BCUT2D eigenvalue weighted by atomic mass is 10.2. The molecule has 3 heterocycles. The van der Waals surface area contributed by atoms with E-state index >= 15 is 0 Å². The van der Waals surface area contributed by atoms with Gasteiger partial charge in [0.2, 0.25) is 5.88 Å². The van der Waals surface area contributed by atoms with E-state index in [1.54, 1.807) is 54.9 Å². The van der Waals surface area contributed by atoms with Gasteiger partial charge in [-0.2, -0.15) is 4.98 Å². The third-order valence-electron chi connectivity index (χ3n) is 5.73. The molecule has 0 aliphatic carbocycles. The molecule has 1 atom stereocenters. The number of ether oxygens (including phenoxy) is 3. The first-order valence-electron chi connectivity index (χ1n) is 13.0. The number of aromatic nitrogens is 3. The van der Waals surface area contributed by atoms with Crippen LogP contribution in [0.3, 0.4) is 0 Å². The summed E-state index contributed by atoms with van der Waals surface area (Å²) in [6, 6.07) is 10.4. The Morgan fingerprint density at radius 3 is 2.54 bits per heavy atom. The molecule has 0 radical (unpaired) electrons. The number of amides is 1. The van der Waals surface area contributed by atoms with Crippen molar-refractivity contribution in [1.82, 2.24) is 19.9 Å². The molecule has 39 heavy (non-hydrogen) atoms. The summed E-state index contributed by atoms with van der Waals surface area (Å²) >= 11 is 0. The van der Waals surface area contributed by atoms with Crippen molar-refractivity contribution >= 4 is 18.1 Å². The molecule has 1 aliphatic heterocycles. The summed E-state index contributed by atoms with van der Waals surface area (Å²) in [5.74, 6) is 1.34. The molecule has 0 spiro atoms. The highest BCUT2D eigenvalue weighted by atomic mass is 16.6. The first-order valence-corrected chi connectivity index (χ1v) is 13.0. The van der Waals surface area contributed by atoms with Crippen molar-refractivity contribution in [3.05, 3.63) is 60.6 Å². The lowest BCUT2D eigenvalue weighted by Crippen LogP contribution is -2.42. The highest BCUT2D eigenvalue weighted by Gasteiger charge is 2.32. The second-order valence-corrected chi connectivity index (χ2v) is 9.87. The predicted octanol–water partition coefficient (Wildman–Crippen LogP) is 5.61. The Morgan fingerprint density at radius 2 is 1.92 bits per heavy atom. The number of hydrogen-bond donors (Lipinski definition) is 1. The normalized spacial score (nSPS) is 14.7. The number of pyridine rings is 1. The lowest BCUT2D eigenvalue weighted by Gasteiger charge is -2.29. The minimum absolute atomic E-state index is 0.0254. The topological polar surface area (TPSA) is 116 Å². The molecule has 0 bridgehead atoms. The minimum atomic E-state index is -0.548. The van der Waals surface area contributed by atoms with E-state index in [4.69, 9.17) is 9.47 Å². The van der Waals surface area contributed by atoms with Crippen LogP contribution in [0.1, 0.15) is 50.9 Å². The average Bonchev–Trinajstić information content (AvgIpc) is 3.41. The van der Waals surface area contributed by atoms with Gasteiger partial charge in [-0.05, 0) is 76.9 Å². The molecule has 10 nitrogen and oxygen atoms in total. The van der Waals surface area contributed by atoms with Crippen LogP contribution in [0.5, 0.6) is 11.6 Å². The second kappa shape index (κ2) is 14.2. The van der Waals surface area contributed by atoms with Gasteiger partial charge in [0, 0.05) is 50.3 Å². The van der Waals surface area contributed by atoms with Crippen LogP contribution >= 0.6 is 0 Å². The zero-order chi connectivity index (χ0) is 28.3. The third-order valence-corrected chi connectivity index (χ3v) is 5.73. The molecule has 10 heteroatoms. The van der Waals surface area contributed by atoms with Crippen molar-refractivity contribution in [3.63, 3.8) is 0 Å². The summed E-state index contributed by atoms with van der Waals surface area (Å²) in [6.45, 7) is 9.52. The van der Waals surface area contributed by atoms with Gasteiger partial charge in [-0.25, -0.2) is 9.78 Å². The molecule has 208 valence electrons. The van der Waals surface area contributed by atoms with Crippen molar-refractivity contribution < 1.29 is 23.8 Å². The van der Waals surface area contributed by atoms with Crippen LogP contribution in [0.2, 0.25) is 0 Å². The van der Waals surface area contributed by atoms with E-state index in [9.17, 15) is 9.59 Å². The predicted molar refractivity (Wildman–Crippen MR) is 149 cm³/mol. The van der Waals surface area contributed by atoms with Crippen molar-refractivity contribution in [2.45, 2.75) is 52.2 Å². The van der Waals surface area contributed by atoms with Gasteiger partial charge in [0.1, 0.15) is 23.3 Å². The molecule has 1 unspecified atom stereocenters. The van der Waals surface area contributed by atoms with Gasteiger partial charge in [0.25, 0.3) is 0 Å². The molecule has 3 aromatic rings. The van der Waals surface area contributed by atoms with Crippen molar-refractivity contribution in [2.24, 2.45) is 0 Å². The summed E-state index contributed by atoms with van der Waals surface area (Å²) < 4.78 is 16.2. The lowest BCUT2D eigenvalue weighted by molar-refractivity contribution is 0.0235. The molecule has 1 N–H and O–H groups in total. The number of benzene rings is 1. The molecule has 1 aromatic carbocycles. The summed E-state index contributed by atoms with van der Waals surface area (Å²) in [6.07, 6.45) is 7.28. The Hall–Kier alpha value is -4.05. The molecule has 2 aromatic heterocycles. The van der Waals surface area contributed by atoms with Gasteiger partial charge in [-0.3, -0.25) is 9.78 Å². The standard InChI is InChI=1S/C26H29N5O4.C3H8O/c1-26(2,3)35-25(33)31-13-5-7-20(31)15-28-22-16-29-23(19-6-4-12-27-14-19)30-24(22)34-21-10-8-18(17-32)9-11-21;1-3-4-2/h4,6,8-12,14,16-17,20,28H,5,7,13,15H2,1-3H3;3H2,1-2H3. The number of nitrogens with zero attached hydrogens (tertiary/aromatic N) is 4. The van der Waals surface area contributed by atoms with Crippen LogP contribution in [0, 0.1) is 0 Å². The quantitative estimate of drug-likeness (QED) is 0.368. The SMILES string of the molecule is CC(C)(C)OC(=O)N1CCCC1CNc1cnc(-c2cccnc2)nc1Oc1ccc(C=O)cc1.CCOC. The molecular formula is C29H37N5O5. The summed E-state index contributed by atoms with van der Waals surface area (Å²) in [5, 5.41) is 3.35. The zero-order valence-electron chi connectivity index (χ0n) is 23.2. The molecule has 1 saturated heterocycles. The molecule has 4 rings (SSSR count). The zero-order valence-corrected chi connectivity index (χ0v) is 23.2. The molecule has 1 amide bonds. The summed E-state index contributed by atoms with van der Waals surface area (Å²) in [5.41, 5.74) is 1.35. The molecule has 1 aliphatic rings. The average molecular weight is 536 g/mol. The maximum atomic E-state index is 12.6. The van der Waals surface area contributed by atoms with Crippen molar-refractivity contribution in [1.29, 1.82) is 0 Å². The first kappa shape index (κ1) is 29.5. The van der Waals surface area contributed by atoms with Gasteiger partial charge in [-0.15, -0.1) is 0 Å². The number of nitrogens with one attached hydrogen (secondary N) is 1. The van der Waals surface area contributed by atoms with E-state index < -0.39 is 5.60 Å². The number of rotatable bonds is 8. The van der Waals surface area contributed by atoms with Crippen LogP contribution < -0.4 is 10.1 Å². The van der Waals surface area contributed by atoms with Crippen LogP contribution in [-0.4, -0.2) is 70.7 Å². The highest BCUT2D eigenvalue weighted by Crippen LogP contribution is 2.30. The van der Waals surface area contributed by atoms with E-state index in [-0.39, 0.29) is 12.1 Å². The number of carbonyl (C=O) groups excluding carboxylic acids is 2. The number of hydrogen-bond acceptors (Lipinski definition) is 9. The maximum Gasteiger partial charge on any atom is 0.410 e. The van der Waals surface area contributed by atoms with E-state index in [1.165, 1.54) is 0 Å². The Kier molecular flexibility index (Phi) is 10.7. The monoisotopic (exact) mass is 535 g/mol. The fourth-order valence-electron chi connectivity index (χ4n) is 3.76. The number of anilines is 1.